The van der Waals surface area contributed by atoms with Gasteiger partial charge in [-0.05, 0) is 49.1 Å². The molecule has 6 heteroatoms. The summed E-state index contributed by atoms with van der Waals surface area (Å²) in [6.07, 6.45) is -0.515. The highest BCUT2D eigenvalue weighted by molar-refractivity contribution is 5.52. The van der Waals surface area contributed by atoms with Crippen molar-refractivity contribution in [2.24, 2.45) is 5.73 Å². The number of rotatable bonds is 8. The van der Waals surface area contributed by atoms with Crippen LogP contribution in [0.2, 0.25) is 0 Å². The topological polar surface area (TPSA) is 74.0 Å². The van der Waals surface area contributed by atoms with Crippen LogP contribution in [0.5, 0.6) is 11.5 Å². The van der Waals surface area contributed by atoms with E-state index < -0.39 is 6.17 Å². The average Bonchev–Trinajstić information content (AvgIpc) is 2.74. The number of phenols is 1. The lowest BCUT2D eigenvalue weighted by molar-refractivity contribution is 0.104. The number of benzene rings is 2. The van der Waals surface area contributed by atoms with E-state index in [4.69, 9.17) is 10.5 Å². The zero-order valence-corrected chi connectivity index (χ0v) is 19.6. The summed E-state index contributed by atoms with van der Waals surface area (Å²) in [5.41, 5.74) is 10.3. The molecule has 4 N–H and O–H groups in total. The summed E-state index contributed by atoms with van der Waals surface area (Å²) in [6, 6.07) is 12.6. The summed E-state index contributed by atoms with van der Waals surface area (Å²) in [5, 5.41) is 13.8. The van der Waals surface area contributed by atoms with Gasteiger partial charge in [0.25, 0.3) is 0 Å². The van der Waals surface area contributed by atoms with Crippen molar-refractivity contribution < 1.29 is 9.84 Å². The predicted octanol–water partition coefficient (Wildman–Crippen LogP) is 4.12. The Hall–Kier alpha value is -2.28. The van der Waals surface area contributed by atoms with Gasteiger partial charge in [0.1, 0.15) is 17.7 Å². The van der Waals surface area contributed by atoms with Crippen LogP contribution in [0.15, 0.2) is 36.4 Å². The number of ether oxygens (including phenoxy) is 1. The van der Waals surface area contributed by atoms with Crippen molar-refractivity contribution in [3.05, 3.63) is 53.1 Å². The molecular formula is C25H38N4O2. The van der Waals surface area contributed by atoms with Crippen molar-refractivity contribution in [3.8, 4) is 11.5 Å². The van der Waals surface area contributed by atoms with E-state index in [0.29, 0.717) is 17.4 Å². The van der Waals surface area contributed by atoms with E-state index in [2.05, 4.69) is 67.1 Å². The Morgan fingerprint density at radius 3 is 2.19 bits per heavy atom. The Morgan fingerprint density at radius 1 is 1.00 bits per heavy atom. The molecule has 0 aromatic heterocycles. The standard InChI is InChI=1S/C25H38N4O2/c1-17(2)21-14-22(23(30)15-24(21)31-5)25(26)27-20-8-6-19(7-9-20)16-28-10-12-29(13-11-28)18(3)4/h6-9,14-15,17-18,25,27,30H,10-13,16,26H2,1-5H3. The maximum atomic E-state index is 10.4. The molecule has 6 nitrogen and oxygen atoms in total. The van der Waals surface area contributed by atoms with Gasteiger partial charge < -0.3 is 20.9 Å². The van der Waals surface area contributed by atoms with Crippen LogP contribution >= 0.6 is 0 Å². The van der Waals surface area contributed by atoms with Crippen molar-refractivity contribution in [2.75, 3.05) is 38.6 Å². The molecule has 170 valence electrons. The molecule has 0 radical (unpaired) electrons. The number of nitrogens with one attached hydrogen (secondary N) is 1. The highest BCUT2D eigenvalue weighted by atomic mass is 16.5. The van der Waals surface area contributed by atoms with Crippen molar-refractivity contribution in [2.45, 2.75) is 52.4 Å². The molecule has 0 aliphatic carbocycles. The van der Waals surface area contributed by atoms with Gasteiger partial charge in [-0.2, -0.15) is 0 Å². The van der Waals surface area contributed by atoms with Crippen LogP contribution in [0, 0.1) is 0 Å². The molecule has 1 aliphatic heterocycles. The van der Waals surface area contributed by atoms with Gasteiger partial charge in [-0.25, -0.2) is 0 Å². The van der Waals surface area contributed by atoms with E-state index >= 15 is 0 Å². The first kappa shape index (κ1) is 23.4. The fraction of sp³-hybridized carbons (Fsp3) is 0.520. The monoisotopic (exact) mass is 426 g/mol. The van der Waals surface area contributed by atoms with Crippen LogP contribution in [-0.2, 0) is 6.54 Å². The van der Waals surface area contributed by atoms with E-state index in [9.17, 15) is 5.11 Å². The summed E-state index contributed by atoms with van der Waals surface area (Å²) >= 11 is 0. The second-order valence-corrected chi connectivity index (χ2v) is 9.03. The minimum atomic E-state index is -0.515. The number of anilines is 1. The first-order valence-electron chi connectivity index (χ1n) is 11.3. The summed E-state index contributed by atoms with van der Waals surface area (Å²) in [5.74, 6) is 1.09. The Balaban J connectivity index is 1.62. The van der Waals surface area contributed by atoms with Gasteiger partial charge in [0, 0.05) is 56.1 Å². The fourth-order valence-electron chi connectivity index (χ4n) is 4.14. The molecule has 1 atom stereocenters. The number of hydrogen-bond acceptors (Lipinski definition) is 6. The first-order chi connectivity index (χ1) is 14.8. The number of nitrogens with two attached hydrogens (primary N) is 1. The largest absolute Gasteiger partial charge is 0.507 e. The second kappa shape index (κ2) is 10.4. The maximum absolute atomic E-state index is 10.4. The van der Waals surface area contributed by atoms with Gasteiger partial charge in [-0.3, -0.25) is 9.80 Å². The van der Waals surface area contributed by atoms with Crippen LogP contribution in [0.1, 0.15) is 56.5 Å². The number of piperazine rings is 1. The molecule has 1 unspecified atom stereocenters. The van der Waals surface area contributed by atoms with Gasteiger partial charge in [-0.15, -0.1) is 0 Å². The Labute approximate surface area is 187 Å². The molecule has 0 amide bonds. The van der Waals surface area contributed by atoms with Crippen molar-refractivity contribution in [1.29, 1.82) is 0 Å². The van der Waals surface area contributed by atoms with Crippen molar-refractivity contribution >= 4 is 5.69 Å². The van der Waals surface area contributed by atoms with Crippen molar-refractivity contribution in [1.82, 2.24) is 9.80 Å². The average molecular weight is 427 g/mol. The van der Waals surface area contributed by atoms with Gasteiger partial charge >= 0.3 is 0 Å². The Morgan fingerprint density at radius 2 is 1.65 bits per heavy atom. The molecule has 1 saturated heterocycles. The lowest BCUT2D eigenvalue weighted by atomic mass is 9.97. The summed E-state index contributed by atoms with van der Waals surface area (Å²) < 4.78 is 5.41. The third-order valence-electron chi connectivity index (χ3n) is 6.16. The molecule has 2 aromatic carbocycles. The van der Waals surface area contributed by atoms with E-state index in [-0.39, 0.29) is 11.7 Å². The minimum Gasteiger partial charge on any atom is -0.507 e. The van der Waals surface area contributed by atoms with Crippen molar-refractivity contribution in [3.63, 3.8) is 0 Å². The van der Waals surface area contributed by atoms with Crippen LogP contribution in [0.25, 0.3) is 0 Å². The predicted molar refractivity (Wildman–Crippen MR) is 128 cm³/mol. The molecule has 0 saturated carbocycles. The van der Waals surface area contributed by atoms with E-state index in [1.807, 2.05) is 6.07 Å². The maximum Gasteiger partial charge on any atom is 0.126 e. The lowest BCUT2D eigenvalue weighted by Crippen LogP contribution is -2.48. The summed E-state index contributed by atoms with van der Waals surface area (Å²) in [7, 11) is 1.62. The van der Waals surface area contributed by atoms with Gasteiger partial charge in [0.05, 0.1) is 7.11 Å². The van der Waals surface area contributed by atoms with Gasteiger partial charge in [-0.1, -0.05) is 26.0 Å². The minimum absolute atomic E-state index is 0.137. The zero-order chi connectivity index (χ0) is 22.5. The number of aromatic hydroxyl groups is 1. The van der Waals surface area contributed by atoms with Crippen LogP contribution in [0.4, 0.5) is 5.69 Å². The lowest BCUT2D eigenvalue weighted by Gasteiger charge is -2.37. The second-order valence-electron chi connectivity index (χ2n) is 9.03. The molecule has 0 spiro atoms. The van der Waals surface area contributed by atoms with Crippen LogP contribution in [0.3, 0.4) is 0 Å². The third-order valence-corrected chi connectivity index (χ3v) is 6.16. The quantitative estimate of drug-likeness (QED) is 0.552. The molecule has 1 heterocycles. The normalized spacial score (nSPS) is 16.6. The fourth-order valence-corrected chi connectivity index (χ4v) is 4.14. The number of phenolic OH excluding ortho intramolecular Hbond substituents is 1. The van der Waals surface area contributed by atoms with Crippen LogP contribution < -0.4 is 15.8 Å². The zero-order valence-electron chi connectivity index (χ0n) is 19.6. The number of hydrogen-bond donors (Lipinski definition) is 3. The summed E-state index contributed by atoms with van der Waals surface area (Å²) in [4.78, 5) is 5.04. The molecular weight excluding hydrogens is 388 g/mol. The molecule has 3 rings (SSSR count). The Bertz CT molecular complexity index is 843. The smallest absolute Gasteiger partial charge is 0.126 e. The summed E-state index contributed by atoms with van der Waals surface area (Å²) in [6.45, 7) is 14.2. The first-order valence-corrected chi connectivity index (χ1v) is 11.3. The van der Waals surface area contributed by atoms with E-state index in [1.54, 1.807) is 13.2 Å². The number of nitrogens with zero attached hydrogens (tertiary/aromatic N) is 2. The van der Waals surface area contributed by atoms with Gasteiger partial charge in [0.15, 0.2) is 0 Å². The molecule has 31 heavy (non-hydrogen) atoms. The molecule has 1 aliphatic rings. The van der Waals surface area contributed by atoms with Gasteiger partial charge in [0.2, 0.25) is 0 Å². The van der Waals surface area contributed by atoms with Crippen LogP contribution in [-0.4, -0.2) is 54.2 Å². The highest BCUT2D eigenvalue weighted by Crippen LogP contribution is 2.35. The highest BCUT2D eigenvalue weighted by Gasteiger charge is 2.19. The van der Waals surface area contributed by atoms with E-state index in [0.717, 1.165) is 44.0 Å². The molecule has 0 bridgehead atoms. The SMILES string of the molecule is COc1cc(O)c(C(N)Nc2ccc(CN3CCN(C(C)C)CC3)cc2)cc1C(C)C. The molecule has 2 aromatic rings. The third kappa shape index (κ3) is 5.91. The molecule has 1 fully saturated rings. The number of methoxy groups -OCH3 is 1. The Kier molecular flexibility index (Phi) is 7.81. The van der Waals surface area contributed by atoms with E-state index in [1.165, 1.54) is 5.56 Å².